The maximum absolute atomic E-state index is 15.0. The van der Waals surface area contributed by atoms with Crippen molar-refractivity contribution in [2.24, 2.45) is 4.99 Å². The van der Waals surface area contributed by atoms with Gasteiger partial charge in [-0.05, 0) is 30.5 Å². The third kappa shape index (κ3) is 5.07. The van der Waals surface area contributed by atoms with Gasteiger partial charge in [0, 0.05) is 18.4 Å². The maximum Gasteiger partial charge on any atom is 0.338 e. The van der Waals surface area contributed by atoms with Crippen molar-refractivity contribution in [3.63, 3.8) is 0 Å². The number of esters is 1. The molecule has 1 aromatic carbocycles. The van der Waals surface area contributed by atoms with Crippen LogP contribution in [0.25, 0.3) is 0 Å². The molecule has 0 radical (unpaired) electrons. The number of nitrogens with zero attached hydrogens (tertiary/aromatic N) is 2. The zero-order valence-corrected chi connectivity index (χ0v) is 19.6. The molecule has 1 unspecified atom stereocenters. The van der Waals surface area contributed by atoms with Crippen molar-refractivity contribution >= 4 is 28.8 Å². The highest BCUT2D eigenvalue weighted by Crippen LogP contribution is 2.45. The van der Waals surface area contributed by atoms with Gasteiger partial charge in [-0.1, -0.05) is 30.0 Å². The Morgan fingerprint density at radius 1 is 1.24 bits per heavy atom. The number of aliphatic imine (C=N–C) groups is 1. The summed E-state index contributed by atoms with van der Waals surface area (Å²) in [6.45, 7) is 2.23. The van der Waals surface area contributed by atoms with E-state index < -0.39 is 17.8 Å². The van der Waals surface area contributed by atoms with Crippen LogP contribution in [0.1, 0.15) is 30.7 Å². The number of hydrogen-bond donors (Lipinski definition) is 1. The number of methoxy groups -OCH3 is 1. The quantitative estimate of drug-likeness (QED) is 0.425. The zero-order chi connectivity index (χ0) is 24.1. The molecular formula is C24H24FN3O5S. The minimum Gasteiger partial charge on any atom is -0.467 e. The minimum atomic E-state index is -0.831. The van der Waals surface area contributed by atoms with Gasteiger partial charge in [0.1, 0.15) is 18.2 Å². The van der Waals surface area contributed by atoms with Gasteiger partial charge in [0.15, 0.2) is 5.17 Å². The van der Waals surface area contributed by atoms with Crippen LogP contribution in [0.15, 0.2) is 74.4 Å². The van der Waals surface area contributed by atoms with Crippen LogP contribution < -0.4 is 5.32 Å². The number of allylic oxidation sites excluding steroid dienone is 1. The van der Waals surface area contributed by atoms with Gasteiger partial charge >= 0.3 is 5.97 Å². The molecule has 0 fully saturated rings. The van der Waals surface area contributed by atoms with Crippen LogP contribution in [0.5, 0.6) is 0 Å². The smallest absolute Gasteiger partial charge is 0.338 e. The molecule has 4 rings (SSSR count). The first kappa shape index (κ1) is 23.8. The van der Waals surface area contributed by atoms with Gasteiger partial charge in [-0.15, -0.1) is 0 Å². The molecular weight excluding hydrogens is 461 g/mol. The second-order valence-corrected chi connectivity index (χ2v) is 8.41. The van der Waals surface area contributed by atoms with E-state index in [-0.39, 0.29) is 43.2 Å². The fourth-order valence-corrected chi connectivity index (χ4v) is 4.71. The molecule has 0 aliphatic carbocycles. The number of furan rings is 1. The Morgan fingerprint density at radius 2 is 2.06 bits per heavy atom. The number of thioether (sulfide) groups is 1. The molecule has 8 nitrogen and oxygen atoms in total. The summed E-state index contributed by atoms with van der Waals surface area (Å²) >= 11 is 1.32. The van der Waals surface area contributed by atoms with Gasteiger partial charge < -0.3 is 24.1 Å². The largest absolute Gasteiger partial charge is 0.467 e. The summed E-state index contributed by atoms with van der Waals surface area (Å²) in [5.74, 6) is -0.689. The average molecular weight is 486 g/mol. The van der Waals surface area contributed by atoms with Crippen LogP contribution in [0.4, 0.5) is 4.39 Å². The van der Waals surface area contributed by atoms with E-state index in [1.54, 1.807) is 47.6 Å². The van der Waals surface area contributed by atoms with Gasteiger partial charge in [-0.3, -0.25) is 4.79 Å². The monoisotopic (exact) mass is 485 g/mol. The number of fused-ring (bicyclic) bond motifs is 1. The molecule has 2 aromatic rings. The minimum absolute atomic E-state index is 0.0166. The molecule has 10 heteroatoms. The zero-order valence-electron chi connectivity index (χ0n) is 18.7. The van der Waals surface area contributed by atoms with E-state index in [4.69, 9.17) is 13.9 Å². The number of nitrogens with one attached hydrogen (secondary N) is 1. The summed E-state index contributed by atoms with van der Waals surface area (Å²) in [5.41, 5.74) is 1.54. The van der Waals surface area contributed by atoms with Gasteiger partial charge in [0.05, 0.1) is 43.1 Å². The second-order valence-electron chi connectivity index (χ2n) is 7.58. The van der Waals surface area contributed by atoms with Gasteiger partial charge in [0.2, 0.25) is 5.91 Å². The lowest BCUT2D eigenvalue weighted by atomic mass is 9.93. The van der Waals surface area contributed by atoms with Crippen LogP contribution in [0, 0.1) is 5.82 Å². The number of hydrogen-bond acceptors (Lipinski definition) is 8. The first-order valence-corrected chi connectivity index (χ1v) is 11.5. The number of carbonyl (C=O) groups excluding carboxylic acids is 2. The summed E-state index contributed by atoms with van der Waals surface area (Å²) in [4.78, 5) is 32.0. The number of carbonyl (C=O) groups is 2. The molecule has 0 bridgehead atoms. The lowest BCUT2D eigenvalue weighted by Gasteiger charge is -2.36. The summed E-state index contributed by atoms with van der Waals surface area (Å²) in [6, 6.07) is 8.93. The van der Waals surface area contributed by atoms with E-state index in [1.807, 2.05) is 0 Å². The van der Waals surface area contributed by atoms with Crippen LogP contribution >= 0.6 is 11.8 Å². The summed E-state index contributed by atoms with van der Waals surface area (Å²) in [6.07, 6.45) is 1.55. The molecule has 0 saturated carbocycles. The Morgan fingerprint density at radius 3 is 2.79 bits per heavy atom. The number of amidine groups is 1. The van der Waals surface area contributed by atoms with E-state index >= 15 is 0 Å². The second kappa shape index (κ2) is 10.7. The van der Waals surface area contributed by atoms with Crippen LogP contribution in [-0.4, -0.2) is 42.3 Å². The van der Waals surface area contributed by atoms with Gasteiger partial charge in [0.25, 0.3) is 0 Å². The van der Waals surface area contributed by atoms with Crippen LogP contribution in [0.2, 0.25) is 0 Å². The molecule has 1 atom stereocenters. The Hall–Kier alpha value is -3.37. The Balaban J connectivity index is 1.62. The van der Waals surface area contributed by atoms with E-state index in [0.29, 0.717) is 22.3 Å². The van der Waals surface area contributed by atoms with Crippen molar-refractivity contribution in [2.45, 2.75) is 25.9 Å². The van der Waals surface area contributed by atoms with Crippen molar-refractivity contribution in [1.29, 1.82) is 0 Å². The SMILES string of the molecule is COCCOC(=O)C1=C(C)N=C2SC=C(CC(=O)NCc3ccco3)N2C1c1ccccc1F. The molecule has 0 saturated heterocycles. The van der Waals surface area contributed by atoms with E-state index in [9.17, 15) is 14.0 Å². The van der Waals surface area contributed by atoms with Crippen molar-refractivity contribution in [2.75, 3.05) is 20.3 Å². The van der Waals surface area contributed by atoms with E-state index in [1.165, 1.54) is 31.2 Å². The van der Waals surface area contributed by atoms with Crippen LogP contribution in [-0.2, 0) is 25.6 Å². The van der Waals surface area contributed by atoms with Crippen molar-refractivity contribution in [3.05, 3.63) is 82.2 Å². The standard InChI is InChI=1S/C24H24FN3O5S/c1-15-21(23(30)33-11-10-31-2)22(18-7-3-4-8-19(18)25)28-16(14-34-24(28)27-15)12-20(29)26-13-17-6-5-9-32-17/h3-9,14,22H,10-13H2,1-2H3,(H,26,29). The fourth-order valence-electron chi connectivity index (χ4n) is 3.74. The molecule has 2 aliphatic heterocycles. The van der Waals surface area contributed by atoms with Crippen molar-refractivity contribution < 1.29 is 27.9 Å². The highest BCUT2D eigenvalue weighted by atomic mass is 32.2. The van der Waals surface area contributed by atoms with E-state index in [0.717, 1.165) is 0 Å². The highest BCUT2D eigenvalue weighted by molar-refractivity contribution is 8.16. The Bertz CT molecular complexity index is 1160. The summed E-state index contributed by atoms with van der Waals surface area (Å²) in [5, 5.41) is 5.17. The number of amides is 1. The molecule has 1 aromatic heterocycles. The lowest BCUT2D eigenvalue weighted by molar-refractivity contribution is -0.141. The Labute approximate surface area is 200 Å². The van der Waals surface area contributed by atoms with Crippen LogP contribution in [0.3, 0.4) is 0 Å². The Kier molecular flexibility index (Phi) is 7.49. The predicted molar refractivity (Wildman–Crippen MR) is 125 cm³/mol. The molecule has 1 N–H and O–H groups in total. The first-order chi connectivity index (χ1) is 16.5. The molecule has 1 amide bonds. The normalized spacial score (nSPS) is 17.3. The number of benzene rings is 1. The van der Waals surface area contributed by atoms with Crippen molar-refractivity contribution in [1.82, 2.24) is 10.2 Å². The van der Waals surface area contributed by atoms with Crippen molar-refractivity contribution in [3.8, 4) is 0 Å². The third-order valence-corrected chi connectivity index (χ3v) is 6.21. The maximum atomic E-state index is 15.0. The fraction of sp³-hybridized carbons (Fsp3) is 0.292. The molecule has 2 aliphatic rings. The first-order valence-electron chi connectivity index (χ1n) is 10.6. The summed E-state index contributed by atoms with van der Waals surface area (Å²) < 4.78 is 30.6. The highest BCUT2D eigenvalue weighted by Gasteiger charge is 2.42. The molecule has 178 valence electrons. The number of ether oxygens (including phenoxy) is 2. The predicted octanol–water partition coefficient (Wildman–Crippen LogP) is 3.89. The molecule has 0 spiro atoms. The topological polar surface area (TPSA) is 93.4 Å². The summed E-state index contributed by atoms with van der Waals surface area (Å²) in [7, 11) is 1.51. The number of rotatable bonds is 9. The van der Waals surface area contributed by atoms with E-state index in [2.05, 4.69) is 10.3 Å². The van der Waals surface area contributed by atoms with Gasteiger partial charge in [-0.25, -0.2) is 14.2 Å². The number of halogens is 1. The third-order valence-electron chi connectivity index (χ3n) is 5.32. The van der Waals surface area contributed by atoms with Gasteiger partial charge in [-0.2, -0.15) is 0 Å². The molecule has 34 heavy (non-hydrogen) atoms. The molecule has 3 heterocycles. The average Bonchev–Trinajstić information content (AvgIpc) is 3.47. The lowest BCUT2D eigenvalue weighted by Crippen LogP contribution is -2.38.